The zero-order valence-corrected chi connectivity index (χ0v) is 12.5. The number of ether oxygens (including phenoxy) is 1. The van der Waals surface area contributed by atoms with Gasteiger partial charge in [0.15, 0.2) is 0 Å². The standard InChI is InChI=1S/C15H23ClN2O/c1-11(2)17-8-13-7-15(18-9-14(13)16)19-10-12-5-3-4-6-12/h7,9,11-12,17H,3-6,8,10H2,1-2H3. The maximum Gasteiger partial charge on any atom is 0.213 e. The van der Waals surface area contributed by atoms with Gasteiger partial charge in [0.2, 0.25) is 5.88 Å². The zero-order chi connectivity index (χ0) is 13.7. The van der Waals surface area contributed by atoms with Crippen LogP contribution in [-0.4, -0.2) is 17.6 Å². The minimum absolute atomic E-state index is 0.437. The lowest BCUT2D eigenvalue weighted by molar-refractivity contribution is 0.243. The molecule has 1 aromatic heterocycles. The van der Waals surface area contributed by atoms with Crippen LogP contribution in [-0.2, 0) is 6.54 Å². The van der Waals surface area contributed by atoms with E-state index in [1.54, 1.807) is 6.20 Å². The third kappa shape index (κ3) is 4.66. The van der Waals surface area contributed by atoms with Gasteiger partial charge in [0, 0.05) is 24.8 Å². The zero-order valence-electron chi connectivity index (χ0n) is 11.8. The summed E-state index contributed by atoms with van der Waals surface area (Å²) in [6, 6.07) is 2.39. The summed E-state index contributed by atoms with van der Waals surface area (Å²) < 4.78 is 5.79. The number of nitrogens with zero attached hydrogens (tertiary/aromatic N) is 1. The van der Waals surface area contributed by atoms with Gasteiger partial charge in [0.1, 0.15) is 0 Å². The second-order valence-electron chi connectivity index (χ2n) is 5.61. The van der Waals surface area contributed by atoms with E-state index in [2.05, 4.69) is 24.1 Å². The molecule has 0 bridgehead atoms. The Kier molecular flexibility index (Phi) is 5.46. The van der Waals surface area contributed by atoms with E-state index in [0.29, 0.717) is 22.9 Å². The number of nitrogens with one attached hydrogen (secondary N) is 1. The monoisotopic (exact) mass is 282 g/mol. The van der Waals surface area contributed by atoms with Gasteiger partial charge in [-0.15, -0.1) is 0 Å². The third-order valence-corrected chi connectivity index (χ3v) is 3.89. The van der Waals surface area contributed by atoms with Crippen LogP contribution < -0.4 is 10.1 Å². The van der Waals surface area contributed by atoms with Crippen molar-refractivity contribution in [1.82, 2.24) is 10.3 Å². The molecule has 2 rings (SSSR count). The predicted molar refractivity (Wildman–Crippen MR) is 78.7 cm³/mol. The Morgan fingerprint density at radius 3 is 2.84 bits per heavy atom. The highest BCUT2D eigenvalue weighted by Gasteiger charge is 2.16. The van der Waals surface area contributed by atoms with Gasteiger partial charge >= 0.3 is 0 Å². The van der Waals surface area contributed by atoms with E-state index in [1.165, 1.54) is 25.7 Å². The molecule has 1 fully saturated rings. The van der Waals surface area contributed by atoms with Crippen LogP contribution in [0.2, 0.25) is 5.02 Å². The Balaban J connectivity index is 1.91. The van der Waals surface area contributed by atoms with E-state index in [0.717, 1.165) is 18.7 Å². The number of aromatic nitrogens is 1. The van der Waals surface area contributed by atoms with E-state index in [4.69, 9.17) is 16.3 Å². The van der Waals surface area contributed by atoms with Crippen molar-refractivity contribution >= 4 is 11.6 Å². The highest BCUT2D eigenvalue weighted by Crippen LogP contribution is 2.26. The topological polar surface area (TPSA) is 34.1 Å². The van der Waals surface area contributed by atoms with Crippen molar-refractivity contribution in [2.24, 2.45) is 5.92 Å². The van der Waals surface area contributed by atoms with Crippen molar-refractivity contribution in [2.45, 2.75) is 52.1 Å². The summed E-state index contributed by atoms with van der Waals surface area (Å²) in [5.41, 5.74) is 1.05. The first-order valence-corrected chi connectivity index (χ1v) is 7.53. The van der Waals surface area contributed by atoms with Crippen molar-refractivity contribution in [3.63, 3.8) is 0 Å². The highest BCUT2D eigenvalue weighted by atomic mass is 35.5. The van der Waals surface area contributed by atoms with Crippen molar-refractivity contribution in [3.8, 4) is 5.88 Å². The molecule has 0 saturated heterocycles. The van der Waals surface area contributed by atoms with Crippen LogP contribution in [0.3, 0.4) is 0 Å². The molecular weight excluding hydrogens is 260 g/mol. The van der Waals surface area contributed by atoms with Crippen LogP contribution in [0, 0.1) is 5.92 Å². The van der Waals surface area contributed by atoms with Gasteiger partial charge in [0.05, 0.1) is 11.6 Å². The molecule has 1 aromatic rings. The molecule has 106 valence electrons. The second kappa shape index (κ2) is 7.11. The number of halogens is 1. The molecule has 0 aliphatic heterocycles. The fraction of sp³-hybridized carbons (Fsp3) is 0.667. The summed E-state index contributed by atoms with van der Waals surface area (Å²) in [7, 11) is 0. The minimum Gasteiger partial charge on any atom is -0.477 e. The van der Waals surface area contributed by atoms with Crippen molar-refractivity contribution in [3.05, 3.63) is 22.8 Å². The molecule has 0 aromatic carbocycles. The van der Waals surface area contributed by atoms with Gasteiger partial charge in [-0.1, -0.05) is 38.3 Å². The van der Waals surface area contributed by atoms with Crippen molar-refractivity contribution in [1.29, 1.82) is 0 Å². The van der Waals surface area contributed by atoms with Crippen molar-refractivity contribution < 1.29 is 4.74 Å². The summed E-state index contributed by atoms with van der Waals surface area (Å²) in [6.45, 7) is 5.77. The molecule has 1 aliphatic carbocycles. The Morgan fingerprint density at radius 1 is 1.42 bits per heavy atom. The fourth-order valence-electron chi connectivity index (χ4n) is 2.37. The van der Waals surface area contributed by atoms with E-state index in [9.17, 15) is 0 Å². The summed E-state index contributed by atoms with van der Waals surface area (Å²) >= 11 is 6.15. The Bertz CT molecular complexity index is 403. The third-order valence-electron chi connectivity index (χ3n) is 3.55. The van der Waals surface area contributed by atoms with Gasteiger partial charge in [0.25, 0.3) is 0 Å². The summed E-state index contributed by atoms with van der Waals surface area (Å²) in [6.07, 6.45) is 6.94. The smallest absolute Gasteiger partial charge is 0.213 e. The molecule has 1 aliphatic rings. The van der Waals surface area contributed by atoms with Gasteiger partial charge in [-0.25, -0.2) is 4.98 Å². The molecule has 3 nitrogen and oxygen atoms in total. The minimum atomic E-state index is 0.437. The average molecular weight is 283 g/mol. The second-order valence-corrected chi connectivity index (χ2v) is 6.02. The van der Waals surface area contributed by atoms with Gasteiger partial charge in [-0.05, 0) is 24.3 Å². The number of pyridine rings is 1. The molecule has 0 spiro atoms. The molecule has 1 saturated carbocycles. The normalized spacial score (nSPS) is 16.2. The van der Waals surface area contributed by atoms with Crippen molar-refractivity contribution in [2.75, 3.05) is 6.61 Å². The number of rotatable bonds is 6. The van der Waals surface area contributed by atoms with Crippen LogP contribution in [0.15, 0.2) is 12.3 Å². The van der Waals surface area contributed by atoms with E-state index in [-0.39, 0.29) is 0 Å². The molecule has 0 radical (unpaired) electrons. The van der Waals surface area contributed by atoms with Crippen LogP contribution in [0.1, 0.15) is 45.1 Å². The van der Waals surface area contributed by atoms with Gasteiger partial charge in [-0.2, -0.15) is 0 Å². The molecule has 0 amide bonds. The largest absolute Gasteiger partial charge is 0.477 e. The predicted octanol–water partition coefficient (Wildman–Crippen LogP) is 3.80. The summed E-state index contributed by atoms with van der Waals surface area (Å²) in [4.78, 5) is 4.25. The maximum absolute atomic E-state index is 6.15. The lowest BCUT2D eigenvalue weighted by atomic mass is 10.1. The molecule has 0 unspecified atom stereocenters. The average Bonchev–Trinajstić information content (AvgIpc) is 2.89. The summed E-state index contributed by atoms with van der Waals surface area (Å²) in [5.74, 6) is 1.39. The molecule has 1 N–H and O–H groups in total. The maximum atomic E-state index is 6.15. The van der Waals surface area contributed by atoms with E-state index >= 15 is 0 Å². The Hall–Kier alpha value is -0.800. The molecule has 1 heterocycles. The Labute approximate surface area is 120 Å². The molecule has 4 heteroatoms. The van der Waals surface area contributed by atoms with Gasteiger partial charge in [-0.3, -0.25) is 0 Å². The SMILES string of the molecule is CC(C)NCc1cc(OCC2CCCC2)ncc1Cl. The molecular formula is C15H23ClN2O. The Morgan fingerprint density at radius 2 is 2.16 bits per heavy atom. The lowest BCUT2D eigenvalue weighted by Crippen LogP contribution is -2.22. The molecule has 19 heavy (non-hydrogen) atoms. The van der Waals surface area contributed by atoms with Gasteiger partial charge < -0.3 is 10.1 Å². The van der Waals surface area contributed by atoms with Crippen LogP contribution in [0.4, 0.5) is 0 Å². The first-order valence-electron chi connectivity index (χ1n) is 7.15. The quantitative estimate of drug-likeness (QED) is 0.862. The lowest BCUT2D eigenvalue weighted by Gasteiger charge is -2.13. The highest BCUT2D eigenvalue weighted by molar-refractivity contribution is 6.31. The van der Waals surface area contributed by atoms with Crippen LogP contribution >= 0.6 is 11.6 Å². The van der Waals surface area contributed by atoms with E-state index < -0.39 is 0 Å². The number of hydrogen-bond acceptors (Lipinski definition) is 3. The van der Waals surface area contributed by atoms with Crippen LogP contribution in [0.25, 0.3) is 0 Å². The summed E-state index contributed by atoms with van der Waals surface area (Å²) in [5, 5.41) is 4.05. The first kappa shape index (κ1) is 14.6. The fourth-order valence-corrected chi connectivity index (χ4v) is 2.54. The molecule has 0 atom stereocenters. The first-order chi connectivity index (χ1) is 9.15. The van der Waals surface area contributed by atoms with Crippen LogP contribution in [0.5, 0.6) is 5.88 Å². The van der Waals surface area contributed by atoms with E-state index in [1.807, 2.05) is 6.07 Å². The number of hydrogen-bond donors (Lipinski definition) is 1.